The summed E-state index contributed by atoms with van der Waals surface area (Å²) in [5.74, 6) is -0.220. The van der Waals surface area contributed by atoms with Crippen LogP contribution >= 0.6 is 15.9 Å². The maximum atomic E-state index is 12.2. The first kappa shape index (κ1) is 13.2. The van der Waals surface area contributed by atoms with Crippen molar-refractivity contribution in [2.75, 3.05) is 11.9 Å². The second-order valence-corrected chi connectivity index (χ2v) is 4.80. The minimum Gasteiger partial charge on any atom is -0.310 e. The molecule has 0 saturated heterocycles. The van der Waals surface area contributed by atoms with Gasteiger partial charge in [-0.2, -0.15) is 5.26 Å². The number of halogens is 1. The van der Waals surface area contributed by atoms with Gasteiger partial charge < -0.3 is 4.90 Å². The van der Waals surface area contributed by atoms with Crippen molar-refractivity contribution in [1.82, 2.24) is 4.98 Å². The molecule has 1 heterocycles. The number of aromatic nitrogens is 1. The number of hydrogen-bond donors (Lipinski definition) is 0. The number of anilines is 1. The fraction of sp³-hybridized carbons (Fsp3) is 0.0714. The van der Waals surface area contributed by atoms with Gasteiger partial charge in [-0.05, 0) is 46.3 Å². The zero-order valence-electron chi connectivity index (χ0n) is 10.2. The molecule has 0 spiro atoms. The van der Waals surface area contributed by atoms with Crippen LogP contribution in [0.15, 0.2) is 47.1 Å². The third kappa shape index (κ3) is 2.98. The highest BCUT2D eigenvalue weighted by Gasteiger charge is 2.14. The largest absolute Gasteiger partial charge is 0.310 e. The summed E-state index contributed by atoms with van der Waals surface area (Å²) < 4.78 is 0.818. The van der Waals surface area contributed by atoms with Crippen LogP contribution in [0.2, 0.25) is 0 Å². The molecule has 5 heteroatoms. The van der Waals surface area contributed by atoms with Gasteiger partial charge in [0.1, 0.15) is 5.69 Å². The fourth-order valence-electron chi connectivity index (χ4n) is 1.58. The van der Waals surface area contributed by atoms with Crippen LogP contribution in [0, 0.1) is 11.3 Å². The Morgan fingerprint density at radius 2 is 2.16 bits per heavy atom. The molecule has 1 amide bonds. The number of carbonyl (C=O) groups excluding carboxylic acids is 1. The Morgan fingerprint density at radius 3 is 2.79 bits per heavy atom. The predicted octanol–water partition coefficient (Wildman–Crippen LogP) is 2.99. The Hall–Kier alpha value is -2.19. The van der Waals surface area contributed by atoms with E-state index in [0.717, 1.165) is 4.47 Å². The van der Waals surface area contributed by atoms with Crippen molar-refractivity contribution >= 4 is 27.5 Å². The highest BCUT2D eigenvalue weighted by atomic mass is 79.9. The van der Waals surface area contributed by atoms with Gasteiger partial charge in [0.2, 0.25) is 0 Å². The number of benzene rings is 1. The minimum atomic E-state index is -0.220. The van der Waals surface area contributed by atoms with Gasteiger partial charge in [-0.3, -0.25) is 4.79 Å². The molecule has 0 unspecified atom stereocenters. The molecule has 0 aliphatic carbocycles. The Balaban J connectivity index is 2.28. The summed E-state index contributed by atoms with van der Waals surface area (Å²) in [6, 6.07) is 12.3. The van der Waals surface area contributed by atoms with Gasteiger partial charge in [0, 0.05) is 23.4 Å². The lowest BCUT2D eigenvalue weighted by Crippen LogP contribution is -2.27. The molecule has 94 valence electrons. The van der Waals surface area contributed by atoms with Gasteiger partial charge in [-0.15, -0.1) is 0 Å². The zero-order valence-corrected chi connectivity index (χ0v) is 11.8. The first-order valence-electron chi connectivity index (χ1n) is 5.51. The van der Waals surface area contributed by atoms with Crippen molar-refractivity contribution in [2.45, 2.75) is 0 Å². The molecule has 2 aromatic rings. The third-order valence-corrected chi connectivity index (χ3v) is 3.08. The van der Waals surface area contributed by atoms with Crippen molar-refractivity contribution in [1.29, 1.82) is 5.26 Å². The van der Waals surface area contributed by atoms with Crippen molar-refractivity contribution in [3.63, 3.8) is 0 Å². The van der Waals surface area contributed by atoms with E-state index in [9.17, 15) is 4.79 Å². The Morgan fingerprint density at radius 1 is 1.37 bits per heavy atom. The summed E-state index contributed by atoms with van der Waals surface area (Å²) in [5, 5.41) is 8.86. The van der Waals surface area contributed by atoms with Gasteiger partial charge in [-0.25, -0.2) is 4.98 Å². The average molecular weight is 316 g/mol. The number of amides is 1. The molecule has 1 aromatic carbocycles. The second kappa shape index (κ2) is 5.63. The molecule has 0 fully saturated rings. The zero-order chi connectivity index (χ0) is 13.8. The van der Waals surface area contributed by atoms with Crippen LogP contribution in [0.1, 0.15) is 16.1 Å². The first-order chi connectivity index (χ1) is 9.11. The molecule has 19 heavy (non-hydrogen) atoms. The lowest BCUT2D eigenvalue weighted by molar-refractivity contribution is 0.0988. The topological polar surface area (TPSA) is 57.0 Å². The Kier molecular flexibility index (Phi) is 3.93. The molecule has 0 aliphatic rings. The van der Waals surface area contributed by atoms with E-state index in [4.69, 9.17) is 5.26 Å². The molecule has 1 aromatic heterocycles. The normalized spacial score (nSPS) is 9.74. The molecular formula is C14H10BrN3O. The quantitative estimate of drug-likeness (QED) is 0.856. The van der Waals surface area contributed by atoms with Crippen LogP contribution in [0.3, 0.4) is 0 Å². The van der Waals surface area contributed by atoms with Crippen LogP contribution in [-0.2, 0) is 0 Å². The maximum absolute atomic E-state index is 12.2. The third-order valence-electron chi connectivity index (χ3n) is 2.61. The van der Waals surface area contributed by atoms with Crippen LogP contribution in [0.5, 0.6) is 0 Å². The summed E-state index contributed by atoms with van der Waals surface area (Å²) in [4.78, 5) is 17.8. The van der Waals surface area contributed by atoms with Crippen molar-refractivity contribution < 1.29 is 4.79 Å². The smallest absolute Gasteiger partial charge is 0.276 e. The highest BCUT2D eigenvalue weighted by Crippen LogP contribution is 2.17. The highest BCUT2D eigenvalue weighted by molar-refractivity contribution is 9.10. The molecule has 0 bridgehead atoms. The predicted molar refractivity (Wildman–Crippen MR) is 75.8 cm³/mol. The van der Waals surface area contributed by atoms with Crippen molar-refractivity contribution in [3.05, 3.63) is 58.3 Å². The SMILES string of the molecule is CN(C(=O)c1ccc(Br)cn1)c1cccc(C#N)c1. The number of carbonyl (C=O) groups is 1. The number of nitriles is 1. The maximum Gasteiger partial charge on any atom is 0.276 e. The Bertz CT molecular complexity index is 646. The van der Waals surface area contributed by atoms with E-state index in [2.05, 4.69) is 20.9 Å². The number of pyridine rings is 1. The van der Waals surface area contributed by atoms with E-state index in [1.54, 1.807) is 49.6 Å². The monoisotopic (exact) mass is 315 g/mol. The van der Waals surface area contributed by atoms with E-state index in [-0.39, 0.29) is 5.91 Å². The summed E-state index contributed by atoms with van der Waals surface area (Å²) in [6.45, 7) is 0. The van der Waals surface area contributed by atoms with Crippen LogP contribution in [0.25, 0.3) is 0 Å². The van der Waals surface area contributed by atoms with E-state index < -0.39 is 0 Å². The number of rotatable bonds is 2. The molecular weight excluding hydrogens is 306 g/mol. The van der Waals surface area contributed by atoms with Gasteiger partial charge in [0.05, 0.1) is 11.6 Å². The van der Waals surface area contributed by atoms with Gasteiger partial charge in [-0.1, -0.05) is 6.07 Å². The van der Waals surface area contributed by atoms with Crippen LogP contribution < -0.4 is 4.90 Å². The van der Waals surface area contributed by atoms with Crippen LogP contribution in [-0.4, -0.2) is 17.9 Å². The summed E-state index contributed by atoms with van der Waals surface area (Å²) >= 11 is 3.27. The lowest BCUT2D eigenvalue weighted by atomic mass is 10.2. The molecule has 0 N–H and O–H groups in total. The van der Waals surface area contributed by atoms with E-state index in [1.807, 2.05) is 6.07 Å². The Labute approximate surface area is 119 Å². The standard InChI is InChI=1S/C14H10BrN3O/c1-18(12-4-2-3-10(7-12)8-16)14(19)13-6-5-11(15)9-17-13/h2-7,9H,1H3. The van der Waals surface area contributed by atoms with Crippen molar-refractivity contribution in [3.8, 4) is 6.07 Å². The molecule has 0 radical (unpaired) electrons. The molecule has 0 aliphatic heterocycles. The van der Waals surface area contributed by atoms with Gasteiger partial charge in [0.15, 0.2) is 0 Å². The minimum absolute atomic E-state index is 0.220. The van der Waals surface area contributed by atoms with Crippen molar-refractivity contribution in [2.24, 2.45) is 0 Å². The number of hydrogen-bond acceptors (Lipinski definition) is 3. The second-order valence-electron chi connectivity index (χ2n) is 3.89. The summed E-state index contributed by atoms with van der Waals surface area (Å²) in [7, 11) is 1.66. The molecule has 4 nitrogen and oxygen atoms in total. The summed E-state index contributed by atoms with van der Waals surface area (Å²) in [5.41, 5.74) is 1.53. The van der Waals surface area contributed by atoms with Crippen LogP contribution in [0.4, 0.5) is 5.69 Å². The average Bonchev–Trinajstić information content (AvgIpc) is 2.46. The lowest BCUT2D eigenvalue weighted by Gasteiger charge is -2.16. The first-order valence-corrected chi connectivity index (χ1v) is 6.31. The molecule has 0 atom stereocenters. The number of nitrogens with zero attached hydrogens (tertiary/aromatic N) is 3. The van der Waals surface area contributed by atoms with Gasteiger partial charge >= 0.3 is 0 Å². The van der Waals surface area contributed by atoms with E-state index in [0.29, 0.717) is 16.9 Å². The van der Waals surface area contributed by atoms with Gasteiger partial charge in [0.25, 0.3) is 5.91 Å². The van der Waals surface area contributed by atoms with E-state index >= 15 is 0 Å². The van der Waals surface area contributed by atoms with E-state index in [1.165, 1.54) is 4.90 Å². The fourth-order valence-corrected chi connectivity index (χ4v) is 1.81. The summed E-state index contributed by atoms with van der Waals surface area (Å²) in [6.07, 6.45) is 1.58. The molecule has 0 saturated carbocycles. The molecule has 2 rings (SSSR count).